The van der Waals surface area contributed by atoms with Crippen LogP contribution in [-0.4, -0.2) is 29.5 Å². The fraction of sp³-hybridized carbons (Fsp3) is 0.444. The third-order valence-corrected chi connectivity index (χ3v) is 2.57. The zero-order valence-corrected chi connectivity index (χ0v) is 8.47. The highest BCUT2D eigenvalue weighted by Crippen LogP contribution is 2.18. The number of hydrogen-bond donors (Lipinski definition) is 2. The summed E-state index contributed by atoms with van der Waals surface area (Å²) in [5, 5.41) is 12.8. The molecule has 0 aliphatic heterocycles. The second-order valence-corrected chi connectivity index (χ2v) is 3.65. The van der Waals surface area contributed by atoms with Crippen molar-refractivity contribution in [2.45, 2.75) is 11.6 Å². The Balaban J connectivity index is 2.66. The van der Waals surface area contributed by atoms with Gasteiger partial charge in [-0.15, -0.1) is 11.8 Å². The molecule has 72 valence electrons. The van der Waals surface area contributed by atoms with Crippen LogP contribution in [-0.2, 0) is 6.54 Å². The Morgan fingerprint density at radius 2 is 2.46 bits per heavy atom. The highest BCUT2D eigenvalue weighted by atomic mass is 32.2. The van der Waals surface area contributed by atoms with Gasteiger partial charge in [0.1, 0.15) is 5.03 Å². The molecule has 1 aromatic heterocycles. The molecule has 0 spiro atoms. The molecule has 0 atom stereocenters. The molecule has 13 heavy (non-hydrogen) atoms. The minimum absolute atomic E-state index is 0.195. The number of aliphatic hydroxyl groups is 1. The van der Waals surface area contributed by atoms with Crippen molar-refractivity contribution in [1.82, 2.24) is 10.3 Å². The van der Waals surface area contributed by atoms with E-state index in [2.05, 4.69) is 10.3 Å². The second-order valence-electron chi connectivity index (χ2n) is 2.57. The van der Waals surface area contributed by atoms with Crippen LogP contribution in [0.5, 0.6) is 0 Å². The van der Waals surface area contributed by atoms with Crippen molar-refractivity contribution in [1.29, 1.82) is 0 Å². The summed E-state index contributed by atoms with van der Waals surface area (Å²) in [6.45, 7) is 1.02. The SMILES string of the molecule is CNCc1cccnc1SCCO. The lowest BCUT2D eigenvalue weighted by Crippen LogP contribution is -2.07. The van der Waals surface area contributed by atoms with Crippen molar-refractivity contribution in [2.24, 2.45) is 0 Å². The number of aromatic nitrogens is 1. The van der Waals surface area contributed by atoms with E-state index in [-0.39, 0.29) is 6.61 Å². The molecule has 0 aliphatic rings. The number of thioether (sulfide) groups is 1. The third-order valence-electron chi connectivity index (χ3n) is 1.55. The summed E-state index contributed by atoms with van der Waals surface area (Å²) in [5.41, 5.74) is 1.18. The summed E-state index contributed by atoms with van der Waals surface area (Å²) in [5.74, 6) is 0.702. The summed E-state index contributed by atoms with van der Waals surface area (Å²) < 4.78 is 0. The van der Waals surface area contributed by atoms with Crippen LogP contribution in [0.25, 0.3) is 0 Å². The summed E-state index contributed by atoms with van der Waals surface area (Å²) in [7, 11) is 1.91. The lowest BCUT2D eigenvalue weighted by molar-refractivity contribution is 0.322. The lowest BCUT2D eigenvalue weighted by atomic mass is 10.3. The van der Waals surface area contributed by atoms with E-state index in [1.165, 1.54) is 5.56 Å². The molecule has 0 unspecified atom stereocenters. The standard InChI is InChI=1S/C9H14N2OS/c1-10-7-8-3-2-4-11-9(8)13-6-5-12/h2-4,10,12H,5-7H2,1H3. The van der Waals surface area contributed by atoms with E-state index in [4.69, 9.17) is 5.11 Å². The summed E-state index contributed by atoms with van der Waals surface area (Å²) in [4.78, 5) is 4.25. The van der Waals surface area contributed by atoms with Crippen molar-refractivity contribution in [2.75, 3.05) is 19.4 Å². The number of hydrogen-bond acceptors (Lipinski definition) is 4. The van der Waals surface area contributed by atoms with E-state index >= 15 is 0 Å². The van der Waals surface area contributed by atoms with E-state index in [9.17, 15) is 0 Å². The number of aliphatic hydroxyl groups excluding tert-OH is 1. The van der Waals surface area contributed by atoms with E-state index in [1.807, 2.05) is 19.2 Å². The summed E-state index contributed by atoms with van der Waals surface area (Å²) in [6, 6.07) is 3.97. The van der Waals surface area contributed by atoms with Crippen LogP contribution in [0.1, 0.15) is 5.56 Å². The van der Waals surface area contributed by atoms with Gasteiger partial charge in [0.05, 0.1) is 6.61 Å². The normalized spacial score (nSPS) is 10.3. The highest BCUT2D eigenvalue weighted by Gasteiger charge is 2.01. The van der Waals surface area contributed by atoms with Crippen LogP contribution in [0.3, 0.4) is 0 Å². The third kappa shape index (κ3) is 3.34. The average molecular weight is 198 g/mol. The number of nitrogens with zero attached hydrogens (tertiary/aromatic N) is 1. The van der Waals surface area contributed by atoms with Gasteiger partial charge in [-0.2, -0.15) is 0 Å². The highest BCUT2D eigenvalue weighted by molar-refractivity contribution is 7.99. The molecule has 1 aromatic rings. The van der Waals surface area contributed by atoms with Crippen LogP contribution >= 0.6 is 11.8 Å². The molecule has 2 N–H and O–H groups in total. The molecule has 4 heteroatoms. The zero-order chi connectivity index (χ0) is 9.52. The van der Waals surface area contributed by atoms with Crippen LogP contribution < -0.4 is 5.32 Å². The maximum Gasteiger partial charge on any atom is 0.101 e. The van der Waals surface area contributed by atoms with Gasteiger partial charge >= 0.3 is 0 Å². The van der Waals surface area contributed by atoms with E-state index < -0.39 is 0 Å². The smallest absolute Gasteiger partial charge is 0.101 e. The first-order valence-corrected chi connectivity index (χ1v) is 5.19. The van der Waals surface area contributed by atoms with Gasteiger partial charge in [-0.3, -0.25) is 0 Å². The van der Waals surface area contributed by atoms with Gasteiger partial charge < -0.3 is 10.4 Å². The van der Waals surface area contributed by atoms with Gasteiger partial charge in [-0.05, 0) is 18.7 Å². The van der Waals surface area contributed by atoms with Gasteiger partial charge in [0.2, 0.25) is 0 Å². The Morgan fingerprint density at radius 3 is 3.15 bits per heavy atom. The first-order chi connectivity index (χ1) is 6.38. The van der Waals surface area contributed by atoms with E-state index in [0.717, 1.165) is 11.6 Å². The number of pyridine rings is 1. The summed E-state index contributed by atoms with van der Waals surface area (Å²) in [6.07, 6.45) is 1.78. The first-order valence-electron chi connectivity index (χ1n) is 4.20. The van der Waals surface area contributed by atoms with Gasteiger partial charge in [-0.25, -0.2) is 4.98 Å². The zero-order valence-electron chi connectivity index (χ0n) is 7.66. The van der Waals surface area contributed by atoms with Crippen molar-refractivity contribution in [3.8, 4) is 0 Å². The second kappa shape index (κ2) is 5.96. The van der Waals surface area contributed by atoms with Crippen LogP contribution in [0.2, 0.25) is 0 Å². The molecule has 0 aliphatic carbocycles. The maximum atomic E-state index is 8.68. The Kier molecular flexibility index (Phi) is 4.82. The Morgan fingerprint density at radius 1 is 1.62 bits per heavy atom. The molecule has 0 fully saturated rings. The van der Waals surface area contributed by atoms with Crippen LogP contribution in [0, 0.1) is 0 Å². The van der Waals surface area contributed by atoms with Crippen molar-refractivity contribution < 1.29 is 5.11 Å². The predicted octanol–water partition coefficient (Wildman–Crippen LogP) is 0.885. The summed E-state index contributed by atoms with van der Waals surface area (Å²) >= 11 is 1.59. The molecule has 1 heterocycles. The van der Waals surface area contributed by atoms with E-state index in [1.54, 1.807) is 18.0 Å². The topological polar surface area (TPSA) is 45.2 Å². The molecule has 0 bridgehead atoms. The molecule has 0 saturated heterocycles. The van der Waals surface area contributed by atoms with Gasteiger partial charge in [0, 0.05) is 18.5 Å². The van der Waals surface area contributed by atoms with Crippen LogP contribution in [0.4, 0.5) is 0 Å². The van der Waals surface area contributed by atoms with Gasteiger partial charge in [0.15, 0.2) is 0 Å². The first kappa shape index (κ1) is 10.5. The molecule has 1 rings (SSSR count). The molecule has 3 nitrogen and oxygen atoms in total. The van der Waals surface area contributed by atoms with Crippen molar-refractivity contribution in [3.63, 3.8) is 0 Å². The largest absolute Gasteiger partial charge is 0.396 e. The minimum Gasteiger partial charge on any atom is -0.396 e. The average Bonchev–Trinajstić information content (AvgIpc) is 2.17. The molecule has 0 radical (unpaired) electrons. The quantitative estimate of drug-likeness (QED) is 0.690. The van der Waals surface area contributed by atoms with Crippen molar-refractivity contribution in [3.05, 3.63) is 23.9 Å². The van der Waals surface area contributed by atoms with Crippen molar-refractivity contribution >= 4 is 11.8 Å². The van der Waals surface area contributed by atoms with Gasteiger partial charge in [-0.1, -0.05) is 6.07 Å². The fourth-order valence-electron chi connectivity index (χ4n) is 1.02. The molecular weight excluding hydrogens is 184 g/mol. The molecular formula is C9H14N2OS. The monoisotopic (exact) mass is 198 g/mol. The molecule has 0 aromatic carbocycles. The van der Waals surface area contributed by atoms with Gasteiger partial charge in [0.25, 0.3) is 0 Å². The molecule has 0 saturated carbocycles. The Bertz CT molecular complexity index is 255. The minimum atomic E-state index is 0.195. The Hall–Kier alpha value is -0.580. The molecule has 0 amide bonds. The fourth-order valence-corrected chi connectivity index (χ4v) is 1.77. The number of rotatable bonds is 5. The maximum absolute atomic E-state index is 8.68. The van der Waals surface area contributed by atoms with Crippen LogP contribution in [0.15, 0.2) is 23.4 Å². The Labute approximate surface area is 82.6 Å². The lowest BCUT2D eigenvalue weighted by Gasteiger charge is -2.05. The van der Waals surface area contributed by atoms with E-state index in [0.29, 0.717) is 5.75 Å². The predicted molar refractivity (Wildman–Crippen MR) is 54.8 cm³/mol. The number of nitrogens with one attached hydrogen (secondary N) is 1.